The molecule has 1 aromatic heterocycles. The van der Waals surface area contributed by atoms with Gasteiger partial charge < -0.3 is 15.0 Å². The van der Waals surface area contributed by atoms with E-state index in [-0.39, 0.29) is 18.4 Å². The number of hydrogen-bond acceptors (Lipinski definition) is 5. The van der Waals surface area contributed by atoms with Crippen LogP contribution in [-0.2, 0) is 4.79 Å². The number of ether oxygens (including phenoxy) is 1. The van der Waals surface area contributed by atoms with Gasteiger partial charge in [0.25, 0.3) is 0 Å². The molecule has 1 N–H and O–H groups in total. The maximum absolute atomic E-state index is 12.5. The number of terminal acetylenes is 1. The highest BCUT2D eigenvalue weighted by Gasteiger charge is 2.25. The number of benzene rings is 1. The molecule has 1 amide bonds. The third-order valence-corrected chi connectivity index (χ3v) is 4.18. The highest BCUT2D eigenvalue weighted by molar-refractivity contribution is 5.92. The number of hydrogen-bond donors (Lipinski definition) is 1. The summed E-state index contributed by atoms with van der Waals surface area (Å²) in [7, 11) is 0. The zero-order chi connectivity index (χ0) is 17.5. The highest BCUT2D eigenvalue weighted by Crippen LogP contribution is 2.23. The van der Waals surface area contributed by atoms with E-state index in [2.05, 4.69) is 26.1 Å². The Hall–Kier alpha value is -3.07. The van der Waals surface area contributed by atoms with Crippen molar-refractivity contribution in [1.82, 2.24) is 9.97 Å². The molecule has 2 heterocycles. The summed E-state index contributed by atoms with van der Waals surface area (Å²) in [4.78, 5) is 23.0. The third kappa shape index (κ3) is 4.48. The van der Waals surface area contributed by atoms with Crippen molar-refractivity contribution in [2.45, 2.75) is 12.8 Å². The highest BCUT2D eigenvalue weighted by atomic mass is 16.5. The van der Waals surface area contributed by atoms with Gasteiger partial charge in [0.2, 0.25) is 5.91 Å². The molecule has 1 aliphatic heterocycles. The molecule has 128 valence electrons. The number of rotatable bonds is 5. The summed E-state index contributed by atoms with van der Waals surface area (Å²) in [6.07, 6.45) is 11.9. The van der Waals surface area contributed by atoms with E-state index in [9.17, 15) is 4.79 Å². The number of piperidine rings is 1. The smallest absolute Gasteiger partial charge is 0.227 e. The molecule has 6 nitrogen and oxygen atoms in total. The average molecular weight is 336 g/mol. The van der Waals surface area contributed by atoms with E-state index >= 15 is 0 Å². The lowest BCUT2D eigenvalue weighted by molar-refractivity contribution is -0.120. The molecule has 3 rings (SSSR count). The molecule has 0 radical (unpaired) electrons. The monoisotopic (exact) mass is 336 g/mol. The fourth-order valence-electron chi connectivity index (χ4n) is 2.83. The van der Waals surface area contributed by atoms with Crippen LogP contribution in [0.1, 0.15) is 12.8 Å². The van der Waals surface area contributed by atoms with Crippen LogP contribution in [-0.4, -0.2) is 35.6 Å². The van der Waals surface area contributed by atoms with Gasteiger partial charge in [0, 0.05) is 37.1 Å². The number of nitrogens with zero attached hydrogens (tertiary/aromatic N) is 3. The van der Waals surface area contributed by atoms with Crippen molar-refractivity contribution < 1.29 is 9.53 Å². The molecule has 1 saturated heterocycles. The summed E-state index contributed by atoms with van der Waals surface area (Å²) in [5, 5.41) is 2.97. The van der Waals surface area contributed by atoms with Crippen LogP contribution >= 0.6 is 0 Å². The molecule has 2 aromatic rings. The average Bonchev–Trinajstić information content (AvgIpc) is 2.68. The minimum absolute atomic E-state index is 0.00490. The second kappa shape index (κ2) is 8.15. The Bertz CT molecular complexity index is 732. The SMILES string of the molecule is C#CCOc1ccc(NC(=O)C2CCN(c3cnccn3)CC2)cc1. The van der Waals surface area contributed by atoms with Gasteiger partial charge in [0.1, 0.15) is 18.2 Å². The number of anilines is 2. The molecule has 1 fully saturated rings. The number of nitrogens with one attached hydrogen (secondary N) is 1. The van der Waals surface area contributed by atoms with Gasteiger partial charge >= 0.3 is 0 Å². The summed E-state index contributed by atoms with van der Waals surface area (Å²) in [6.45, 7) is 1.83. The van der Waals surface area contributed by atoms with Gasteiger partial charge in [-0.1, -0.05) is 5.92 Å². The molecule has 0 bridgehead atoms. The normalized spacial score (nSPS) is 14.6. The van der Waals surface area contributed by atoms with Crippen LogP contribution < -0.4 is 15.0 Å². The number of amides is 1. The van der Waals surface area contributed by atoms with Crippen molar-refractivity contribution in [2.75, 3.05) is 29.9 Å². The van der Waals surface area contributed by atoms with Crippen LogP contribution in [0.25, 0.3) is 0 Å². The minimum Gasteiger partial charge on any atom is -0.481 e. The molecule has 1 aromatic carbocycles. The number of carbonyl (C=O) groups excluding carboxylic acids is 1. The van der Waals surface area contributed by atoms with Crippen LogP contribution in [0.3, 0.4) is 0 Å². The first kappa shape index (κ1) is 16.8. The third-order valence-electron chi connectivity index (χ3n) is 4.18. The van der Waals surface area contributed by atoms with E-state index in [0.717, 1.165) is 37.4 Å². The van der Waals surface area contributed by atoms with Gasteiger partial charge in [-0.25, -0.2) is 4.98 Å². The van der Waals surface area contributed by atoms with E-state index in [1.54, 1.807) is 30.7 Å². The summed E-state index contributed by atoms with van der Waals surface area (Å²) < 4.78 is 5.32. The number of aromatic nitrogens is 2. The molecule has 25 heavy (non-hydrogen) atoms. The van der Waals surface area contributed by atoms with Gasteiger partial charge in [0.05, 0.1) is 6.20 Å². The van der Waals surface area contributed by atoms with E-state index in [1.165, 1.54) is 0 Å². The maximum Gasteiger partial charge on any atom is 0.227 e. The summed E-state index contributed by atoms with van der Waals surface area (Å²) in [6, 6.07) is 7.23. The van der Waals surface area contributed by atoms with Gasteiger partial charge in [-0.3, -0.25) is 9.78 Å². The predicted molar refractivity (Wildman–Crippen MR) is 96.4 cm³/mol. The Morgan fingerprint density at radius 2 is 2.04 bits per heavy atom. The van der Waals surface area contributed by atoms with Crippen LogP contribution in [0.4, 0.5) is 11.5 Å². The van der Waals surface area contributed by atoms with Crippen molar-refractivity contribution in [3.63, 3.8) is 0 Å². The first-order valence-corrected chi connectivity index (χ1v) is 8.24. The fraction of sp³-hybridized carbons (Fsp3) is 0.316. The Morgan fingerprint density at radius 1 is 1.28 bits per heavy atom. The first-order chi connectivity index (χ1) is 12.3. The van der Waals surface area contributed by atoms with E-state index in [1.807, 2.05) is 12.1 Å². The van der Waals surface area contributed by atoms with E-state index in [4.69, 9.17) is 11.2 Å². The molecule has 1 aliphatic rings. The van der Waals surface area contributed by atoms with Gasteiger partial charge in [-0.05, 0) is 37.1 Å². The molecule has 0 atom stereocenters. The molecule has 0 saturated carbocycles. The van der Waals surface area contributed by atoms with Gasteiger partial charge in [-0.2, -0.15) is 0 Å². The van der Waals surface area contributed by atoms with Crippen molar-refractivity contribution in [1.29, 1.82) is 0 Å². The second-order valence-corrected chi connectivity index (χ2v) is 5.83. The molecule has 0 unspecified atom stereocenters. The quantitative estimate of drug-likeness (QED) is 0.849. The van der Waals surface area contributed by atoms with Crippen molar-refractivity contribution in [3.05, 3.63) is 42.9 Å². The van der Waals surface area contributed by atoms with Gasteiger partial charge in [0.15, 0.2) is 0 Å². The van der Waals surface area contributed by atoms with Crippen LogP contribution in [0.5, 0.6) is 5.75 Å². The van der Waals surface area contributed by atoms with Crippen molar-refractivity contribution in [2.24, 2.45) is 5.92 Å². The topological polar surface area (TPSA) is 67.3 Å². The Morgan fingerprint density at radius 3 is 2.68 bits per heavy atom. The Balaban J connectivity index is 1.50. The summed E-state index contributed by atoms with van der Waals surface area (Å²) in [5.74, 6) is 4.03. The largest absolute Gasteiger partial charge is 0.481 e. The standard InChI is InChI=1S/C19H20N4O2/c1-2-13-25-17-5-3-16(4-6-17)22-19(24)15-7-11-23(12-8-15)18-14-20-9-10-21-18/h1,3-6,9-10,14-15H,7-8,11-13H2,(H,22,24). The lowest BCUT2D eigenvalue weighted by Gasteiger charge is -2.31. The van der Waals surface area contributed by atoms with Crippen LogP contribution in [0, 0.1) is 18.3 Å². The fourth-order valence-corrected chi connectivity index (χ4v) is 2.83. The zero-order valence-corrected chi connectivity index (χ0v) is 13.9. The van der Waals surface area contributed by atoms with Gasteiger partial charge in [-0.15, -0.1) is 6.42 Å². The molecule has 0 aliphatic carbocycles. The van der Waals surface area contributed by atoms with E-state index in [0.29, 0.717) is 5.75 Å². The second-order valence-electron chi connectivity index (χ2n) is 5.83. The lowest BCUT2D eigenvalue weighted by Crippen LogP contribution is -2.38. The molecular weight excluding hydrogens is 316 g/mol. The molecule has 6 heteroatoms. The van der Waals surface area contributed by atoms with Crippen molar-refractivity contribution in [3.8, 4) is 18.1 Å². The lowest BCUT2D eigenvalue weighted by atomic mass is 9.96. The van der Waals surface area contributed by atoms with Crippen molar-refractivity contribution >= 4 is 17.4 Å². The molecule has 0 spiro atoms. The Labute approximate surface area is 147 Å². The summed E-state index contributed by atoms with van der Waals surface area (Å²) in [5.41, 5.74) is 0.759. The maximum atomic E-state index is 12.5. The van der Waals surface area contributed by atoms with E-state index < -0.39 is 0 Å². The predicted octanol–water partition coefficient (Wildman–Crippen LogP) is 2.34. The minimum atomic E-state index is 0.00490. The summed E-state index contributed by atoms with van der Waals surface area (Å²) >= 11 is 0. The van der Waals surface area contributed by atoms with Crippen LogP contribution in [0.15, 0.2) is 42.9 Å². The Kier molecular flexibility index (Phi) is 5.47. The first-order valence-electron chi connectivity index (χ1n) is 8.24. The molecular formula is C19H20N4O2. The zero-order valence-electron chi connectivity index (χ0n) is 13.9. The van der Waals surface area contributed by atoms with Crippen LogP contribution in [0.2, 0.25) is 0 Å². The number of carbonyl (C=O) groups is 1.